The van der Waals surface area contributed by atoms with Crippen LogP contribution in [-0.4, -0.2) is 11.8 Å². The Morgan fingerprint density at radius 1 is 0.955 bits per heavy atom. The first-order valence-electron chi connectivity index (χ1n) is 6.20. The first-order valence-corrected chi connectivity index (χ1v) is 6.58. The average molecular weight is 325 g/mol. The topological polar surface area (TPSA) is 58.2 Å². The summed E-state index contributed by atoms with van der Waals surface area (Å²) in [5.74, 6) is -3.69. The zero-order chi connectivity index (χ0) is 16.3. The van der Waals surface area contributed by atoms with Crippen LogP contribution < -0.4 is 10.6 Å². The van der Waals surface area contributed by atoms with Crippen LogP contribution in [-0.2, 0) is 9.59 Å². The van der Waals surface area contributed by atoms with Crippen LogP contribution in [0.5, 0.6) is 0 Å². The molecule has 0 bridgehead atoms. The molecule has 0 aliphatic rings. The molecule has 2 aromatic rings. The number of halogens is 3. The summed E-state index contributed by atoms with van der Waals surface area (Å²) in [5.41, 5.74) is 0.642. The predicted octanol–water partition coefficient (Wildman–Crippen LogP) is 3.50. The Morgan fingerprint density at radius 2 is 1.59 bits per heavy atom. The van der Waals surface area contributed by atoms with Crippen molar-refractivity contribution in [1.82, 2.24) is 0 Å². The fourth-order valence-corrected chi connectivity index (χ4v) is 1.95. The number of hydrogen-bond acceptors (Lipinski definition) is 2. The maximum absolute atomic E-state index is 13.4. The monoisotopic (exact) mass is 324 g/mol. The first kappa shape index (κ1) is 15.9. The van der Waals surface area contributed by atoms with E-state index in [1.165, 1.54) is 6.07 Å². The molecule has 114 valence electrons. The third-order valence-corrected chi connectivity index (χ3v) is 3.05. The van der Waals surface area contributed by atoms with Gasteiger partial charge in [-0.15, -0.1) is 0 Å². The lowest BCUT2D eigenvalue weighted by atomic mass is 10.2. The van der Waals surface area contributed by atoms with Gasteiger partial charge in [-0.1, -0.05) is 11.6 Å². The number of hydrogen-bond donors (Lipinski definition) is 2. The largest absolute Gasteiger partial charge is 0.318 e. The molecule has 2 rings (SSSR count). The highest BCUT2D eigenvalue weighted by Crippen LogP contribution is 2.20. The molecule has 0 heterocycles. The summed E-state index contributed by atoms with van der Waals surface area (Å²) in [4.78, 5) is 23.5. The second-order valence-corrected chi connectivity index (χ2v) is 4.93. The Bertz CT molecular complexity index is 750. The van der Waals surface area contributed by atoms with Gasteiger partial charge in [0.25, 0.3) is 0 Å². The number of benzene rings is 2. The second-order valence-electron chi connectivity index (χ2n) is 4.49. The van der Waals surface area contributed by atoms with Crippen LogP contribution in [0.3, 0.4) is 0 Å². The van der Waals surface area contributed by atoms with Crippen LogP contribution in [0.2, 0.25) is 5.02 Å². The van der Waals surface area contributed by atoms with Crippen LogP contribution in [0.15, 0.2) is 36.4 Å². The molecule has 7 heteroatoms. The second kappa shape index (κ2) is 6.53. The smallest absolute Gasteiger partial charge is 0.314 e. The maximum Gasteiger partial charge on any atom is 0.314 e. The molecule has 2 amide bonds. The Morgan fingerprint density at radius 3 is 2.23 bits per heavy atom. The van der Waals surface area contributed by atoms with Gasteiger partial charge in [-0.25, -0.2) is 8.78 Å². The SMILES string of the molecule is Cc1cc(Cl)ccc1NC(=O)C(=O)Nc1cc(F)ccc1F. The molecule has 0 aliphatic heterocycles. The zero-order valence-corrected chi connectivity index (χ0v) is 12.2. The lowest BCUT2D eigenvalue weighted by Gasteiger charge is -2.09. The van der Waals surface area contributed by atoms with Gasteiger partial charge >= 0.3 is 11.8 Å². The molecule has 4 nitrogen and oxygen atoms in total. The lowest BCUT2D eigenvalue weighted by molar-refractivity contribution is -0.133. The van der Waals surface area contributed by atoms with Gasteiger partial charge in [-0.2, -0.15) is 0 Å². The molecule has 0 fully saturated rings. The van der Waals surface area contributed by atoms with Gasteiger partial charge in [0.15, 0.2) is 0 Å². The van der Waals surface area contributed by atoms with Crippen LogP contribution in [0, 0.1) is 18.6 Å². The van der Waals surface area contributed by atoms with E-state index in [0.29, 0.717) is 16.3 Å². The minimum Gasteiger partial charge on any atom is -0.318 e. The van der Waals surface area contributed by atoms with E-state index in [4.69, 9.17) is 11.6 Å². The standard InChI is InChI=1S/C15H11ClF2N2O2/c1-8-6-9(16)2-5-12(8)19-14(21)15(22)20-13-7-10(17)3-4-11(13)18/h2-7H,1H3,(H,19,21)(H,20,22). The normalized spacial score (nSPS) is 10.2. The van der Waals surface area contributed by atoms with E-state index in [9.17, 15) is 18.4 Å². The molecule has 0 saturated heterocycles. The highest BCUT2D eigenvalue weighted by atomic mass is 35.5. The Labute approximate surface area is 130 Å². The summed E-state index contributed by atoms with van der Waals surface area (Å²) in [7, 11) is 0. The van der Waals surface area contributed by atoms with Crippen molar-refractivity contribution >= 4 is 34.8 Å². The van der Waals surface area contributed by atoms with Crippen molar-refractivity contribution < 1.29 is 18.4 Å². The van der Waals surface area contributed by atoms with Gasteiger partial charge in [0.2, 0.25) is 0 Å². The molecule has 0 unspecified atom stereocenters. The molecule has 2 N–H and O–H groups in total. The molecule has 0 radical (unpaired) electrons. The van der Waals surface area contributed by atoms with Crippen molar-refractivity contribution in [3.05, 3.63) is 58.6 Å². The third-order valence-electron chi connectivity index (χ3n) is 2.82. The van der Waals surface area contributed by atoms with Crippen LogP contribution in [0.4, 0.5) is 20.2 Å². The van der Waals surface area contributed by atoms with E-state index in [1.54, 1.807) is 19.1 Å². The van der Waals surface area contributed by atoms with E-state index in [0.717, 1.165) is 18.2 Å². The van der Waals surface area contributed by atoms with Gasteiger partial charge in [-0.05, 0) is 42.8 Å². The van der Waals surface area contributed by atoms with Gasteiger partial charge in [0.05, 0.1) is 5.69 Å². The van der Waals surface area contributed by atoms with Crippen molar-refractivity contribution in [3.8, 4) is 0 Å². The fraction of sp³-hybridized carbons (Fsp3) is 0.0667. The number of nitrogens with one attached hydrogen (secondary N) is 2. The van der Waals surface area contributed by atoms with Gasteiger partial charge in [-0.3, -0.25) is 9.59 Å². The summed E-state index contributed by atoms with van der Waals surface area (Å²) in [6.45, 7) is 1.70. The van der Waals surface area contributed by atoms with Crippen molar-refractivity contribution in [2.45, 2.75) is 6.92 Å². The minimum absolute atomic E-state index is 0.393. The highest BCUT2D eigenvalue weighted by Gasteiger charge is 2.17. The number of carbonyl (C=O) groups excluding carboxylic acids is 2. The number of amides is 2. The van der Waals surface area contributed by atoms with Crippen molar-refractivity contribution in [3.63, 3.8) is 0 Å². The zero-order valence-electron chi connectivity index (χ0n) is 11.4. The van der Waals surface area contributed by atoms with Gasteiger partial charge in [0.1, 0.15) is 11.6 Å². The van der Waals surface area contributed by atoms with E-state index >= 15 is 0 Å². The van der Waals surface area contributed by atoms with Crippen molar-refractivity contribution in [2.75, 3.05) is 10.6 Å². The maximum atomic E-state index is 13.4. The molecular weight excluding hydrogens is 314 g/mol. The number of carbonyl (C=O) groups is 2. The fourth-order valence-electron chi connectivity index (χ4n) is 1.72. The average Bonchev–Trinajstić information content (AvgIpc) is 2.45. The predicted molar refractivity (Wildman–Crippen MR) is 79.8 cm³/mol. The molecule has 0 saturated carbocycles. The van der Waals surface area contributed by atoms with E-state index in [-0.39, 0.29) is 0 Å². The van der Waals surface area contributed by atoms with Gasteiger partial charge < -0.3 is 10.6 Å². The van der Waals surface area contributed by atoms with Crippen LogP contribution in [0.25, 0.3) is 0 Å². The third kappa shape index (κ3) is 3.79. The van der Waals surface area contributed by atoms with Crippen molar-refractivity contribution in [2.24, 2.45) is 0 Å². The Balaban J connectivity index is 2.09. The van der Waals surface area contributed by atoms with Crippen molar-refractivity contribution in [1.29, 1.82) is 0 Å². The highest BCUT2D eigenvalue weighted by molar-refractivity contribution is 6.43. The minimum atomic E-state index is -1.11. The molecule has 0 aliphatic carbocycles. The molecule has 22 heavy (non-hydrogen) atoms. The quantitative estimate of drug-likeness (QED) is 0.831. The molecule has 0 atom stereocenters. The summed E-state index contributed by atoms with van der Waals surface area (Å²) >= 11 is 5.79. The van der Waals surface area contributed by atoms with E-state index in [1.807, 2.05) is 5.32 Å². The van der Waals surface area contributed by atoms with Gasteiger partial charge in [0, 0.05) is 16.8 Å². The summed E-state index contributed by atoms with van der Waals surface area (Å²) < 4.78 is 26.4. The molecular formula is C15H11ClF2N2O2. The molecule has 0 aromatic heterocycles. The molecule has 2 aromatic carbocycles. The summed E-state index contributed by atoms with van der Waals surface area (Å²) in [6, 6.07) is 7.24. The lowest BCUT2D eigenvalue weighted by Crippen LogP contribution is -2.29. The number of rotatable bonds is 2. The number of aryl methyl sites for hydroxylation is 1. The summed E-state index contributed by atoms with van der Waals surface area (Å²) in [6.07, 6.45) is 0. The first-order chi connectivity index (χ1) is 10.4. The van der Waals surface area contributed by atoms with E-state index in [2.05, 4.69) is 5.32 Å². The van der Waals surface area contributed by atoms with E-state index < -0.39 is 29.1 Å². The Kier molecular flexibility index (Phi) is 4.72. The number of anilines is 2. The summed E-state index contributed by atoms with van der Waals surface area (Å²) in [5, 5.41) is 4.86. The Hall–Kier alpha value is -2.47. The molecule has 0 spiro atoms. The van der Waals surface area contributed by atoms with Crippen LogP contribution in [0.1, 0.15) is 5.56 Å². The van der Waals surface area contributed by atoms with Crippen LogP contribution >= 0.6 is 11.6 Å².